The molecule has 0 fully saturated rings. The standard InChI is InChI=1S/C23H18N4O2/c28-21(25-13-16-7-9-18(10-8-16)26-12-11-24-15-26)14-27-20-6-2-4-17-3-1-5-19(22(17)20)23(27)29/h1-12,15H,13-14H2,(H,25,28). The molecule has 3 aromatic carbocycles. The van der Waals surface area contributed by atoms with Crippen LogP contribution in [0.3, 0.4) is 0 Å². The lowest BCUT2D eigenvalue weighted by Crippen LogP contribution is -2.38. The Hall–Kier alpha value is -3.93. The Labute approximate surface area is 167 Å². The summed E-state index contributed by atoms with van der Waals surface area (Å²) in [5.74, 6) is -0.321. The Morgan fingerprint density at radius 2 is 1.79 bits per heavy atom. The van der Waals surface area contributed by atoms with E-state index in [1.165, 1.54) is 0 Å². The van der Waals surface area contributed by atoms with Crippen LogP contribution in [0, 0.1) is 0 Å². The van der Waals surface area contributed by atoms with Gasteiger partial charge in [0.05, 0.1) is 12.0 Å². The predicted octanol–water partition coefficient (Wildman–Crippen LogP) is 3.30. The van der Waals surface area contributed by atoms with Gasteiger partial charge in [-0.05, 0) is 35.2 Å². The van der Waals surface area contributed by atoms with Crippen LogP contribution in [-0.4, -0.2) is 27.9 Å². The van der Waals surface area contributed by atoms with Gasteiger partial charge in [0.25, 0.3) is 5.91 Å². The van der Waals surface area contributed by atoms with Gasteiger partial charge in [0.2, 0.25) is 5.91 Å². The minimum Gasteiger partial charge on any atom is -0.350 e. The molecule has 0 aliphatic carbocycles. The number of aromatic nitrogens is 2. The largest absolute Gasteiger partial charge is 0.350 e. The molecule has 29 heavy (non-hydrogen) atoms. The molecule has 6 nitrogen and oxygen atoms in total. The van der Waals surface area contributed by atoms with Crippen molar-refractivity contribution in [1.82, 2.24) is 14.9 Å². The van der Waals surface area contributed by atoms with Crippen LogP contribution >= 0.6 is 0 Å². The molecule has 1 aliphatic heterocycles. The van der Waals surface area contributed by atoms with E-state index < -0.39 is 0 Å². The molecule has 2 heterocycles. The monoisotopic (exact) mass is 382 g/mol. The molecule has 6 heteroatoms. The number of hydrogen-bond donors (Lipinski definition) is 1. The smallest absolute Gasteiger partial charge is 0.259 e. The molecule has 0 radical (unpaired) electrons. The van der Waals surface area contributed by atoms with E-state index in [2.05, 4.69) is 10.3 Å². The molecule has 0 bridgehead atoms. The van der Waals surface area contributed by atoms with Crippen molar-refractivity contribution < 1.29 is 9.59 Å². The number of hydrogen-bond acceptors (Lipinski definition) is 3. The summed E-state index contributed by atoms with van der Waals surface area (Å²) in [4.78, 5) is 30.9. The Balaban J connectivity index is 1.26. The Morgan fingerprint density at radius 3 is 2.55 bits per heavy atom. The van der Waals surface area contributed by atoms with E-state index >= 15 is 0 Å². The zero-order chi connectivity index (χ0) is 19.8. The number of carbonyl (C=O) groups is 2. The summed E-state index contributed by atoms with van der Waals surface area (Å²) in [6, 6.07) is 19.3. The van der Waals surface area contributed by atoms with Crippen molar-refractivity contribution in [2.45, 2.75) is 6.54 Å². The summed E-state index contributed by atoms with van der Waals surface area (Å²) < 4.78 is 1.92. The summed E-state index contributed by atoms with van der Waals surface area (Å²) in [6.07, 6.45) is 5.34. The summed E-state index contributed by atoms with van der Waals surface area (Å²) in [6.45, 7) is 0.405. The average Bonchev–Trinajstić information content (AvgIpc) is 3.38. The van der Waals surface area contributed by atoms with Gasteiger partial charge in [0.1, 0.15) is 6.54 Å². The van der Waals surface area contributed by atoms with E-state index in [-0.39, 0.29) is 18.4 Å². The summed E-state index contributed by atoms with van der Waals surface area (Å²) in [7, 11) is 0. The van der Waals surface area contributed by atoms with Gasteiger partial charge in [0.15, 0.2) is 0 Å². The van der Waals surface area contributed by atoms with Crippen LogP contribution in [0.15, 0.2) is 79.4 Å². The molecule has 1 aromatic heterocycles. The summed E-state index contributed by atoms with van der Waals surface area (Å²) >= 11 is 0. The first kappa shape index (κ1) is 17.2. The van der Waals surface area contributed by atoms with Gasteiger partial charge >= 0.3 is 0 Å². The molecular formula is C23H18N4O2. The molecule has 0 unspecified atom stereocenters. The Morgan fingerprint density at radius 1 is 1.00 bits per heavy atom. The second-order valence-corrected chi connectivity index (χ2v) is 6.99. The molecular weight excluding hydrogens is 364 g/mol. The fourth-order valence-corrected chi connectivity index (χ4v) is 3.73. The van der Waals surface area contributed by atoms with Crippen molar-refractivity contribution in [3.8, 4) is 5.69 Å². The number of nitrogens with one attached hydrogen (secondary N) is 1. The zero-order valence-electron chi connectivity index (χ0n) is 15.6. The maximum atomic E-state index is 12.8. The maximum Gasteiger partial charge on any atom is 0.259 e. The summed E-state index contributed by atoms with van der Waals surface area (Å²) in [5, 5.41) is 4.84. The lowest BCUT2D eigenvalue weighted by atomic mass is 10.1. The van der Waals surface area contributed by atoms with E-state index in [1.54, 1.807) is 17.4 Å². The van der Waals surface area contributed by atoms with Gasteiger partial charge < -0.3 is 9.88 Å². The van der Waals surface area contributed by atoms with Gasteiger partial charge in [-0.25, -0.2) is 4.98 Å². The second-order valence-electron chi connectivity index (χ2n) is 6.99. The minimum atomic E-state index is -0.193. The molecule has 5 rings (SSSR count). The first-order valence-corrected chi connectivity index (χ1v) is 9.38. The second kappa shape index (κ2) is 6.91. The number of imidazole rings is 1. The number of anilines is 1. The average molecular weight is 382 g/mol. The third-order valence-electron chi connectivity index (χ3n) is 5.18. The molecule has 1 N–H and O–H groups in total. The van der Waals surface area contributed by atoms with Crippen molar-refractivity contribution >= 4 is 28.3 Å². The van der Waals surface area contributed by atoms with Crippen molar-refractivity contribution in [3.05, 3.63) is 90.5 Å². The maximum absolute atomic E-state index is 12.8. The number of amides is 2. The number of nitrogens with zero attached hydrogens (tertiary/aromatic N) is 3. The summed E-state index contributed by atoms with van der Waals surface area (Å²) in [5.41, 5.74) is 3.44. The van der Waals surface area contributed by atoms with Gasteiger partial charge in [-0.2, -0.15) is 0 Å². The number of carbonyl (C=O) groups excluding carboxylic acids is 2. The van der Waals surface area contributed by atoms with Gasteiger partial charge in [-0.15, -0.1) is 0 Å². The minimum absolute atomic E-state index is 0.000251. The molecule has 142 valence electrons. The topological polar surface area (TPSA) is 67.2 Å². The Kier molecular flexibility index (Phi) is 4.09. The van der Waals surface area contributed by atoms with Crippen molar-refractivity contribution in [1.29, 1.82) is 0 Å². The molecule has 0 atom stereocenters. The van der Waals surface area contributed by atoms with E-state index in [1.807, 2.05) is 71.4 Å². The lowest BCUT2D eigenvalue weighted by molar-refractivity contribution is -0.119. The van der Waals surface area contributed by atoms with Crippen LogP contribution in [-0.2, 0) is 11.3 Å². The van der Waals surface area contributed by atoms with E-state index in [0.29, 0.717) is 12.1 Å². The van der Waals surface area contributed by atoms with Crippen LogP contribution in [0.25, 0.3) is 16.5 Å². The van der Waals surface area contributed by atoms with Crippen LogP contribution < -0.4 is 10.2 Å². The van der Waals surface area contributed by atoms with Crippen LogP contribution in [0.4, 0.5) is 5.69 Å². The quantitative estimate of drug-likeness (QED) is 0.576. The van der Waals surface area contributed by atoms with E-state index in [0.717, 1.165) is 27.7 Å². The number of benzene rings is 3. The molecule has 2 amide bonds. The predicted molar refractivity (Wildman–Crippen MR) is 111 cm³/mol. The van der Waals surface area contributed by atoms with Crippen LogP contribution in [0.5, 0.6) is 0 Å². The van der Waals surface area contributed by atoms with Crippen molar-refractivity contribution in [2.24, 2.45) is 0 Å². The molecule has 4 aromatic rings. The van der Waals surface area contributed by atoms with Crippen molar-refractivity contribution in [3.63, 3.8) is 0 Å². The third kappa shape index (κ3) is 3.04. The highest BCUT2D eigenvalue weighted by molar-refractivity contribution is 6.26. The molecule has 0 spiro atoms. The van der Waals surface area contributed by atoms with Crippen molar-refractivity contribution in [2.75, 3.05) is 11.4 Å². The van der Waals surface area contributed by atoms with Crippen LogP contribution in [0.1, 0.15) is 15.9 Å². The zero-order valence-corrected chi connectivity index (χ0v) is 15.6. The molecule has 1 aliphatic rings. The van der Waals surface area contributed by atoms with Gasteiger partial charge in [-0.3, -0.25) is 14.5 Å². The van der Waals surface area contributed by atoms with Crippen LogP contribution in [0.2, 0.25) is 0 Å². The Bertz CT molecular complexity index is 1210. The number of rotatable bonds is 5. The SMILES string of the molecule is O=C(CN1C(=O)c2cccc3cccc1c23)NCc1ccc(-n2ccnc2)cc1. The lowest BCUT2D eigenvalue weighted by Gasteiger charge is -2.17. The van der Waals surface area contributed by atoms with Gasteiger partial charge in [0, 0.05) is 35.6 Å². The highest BCUT2D eigenvalue weighted by Gasteiger charge is 2.30. The third-order valence-corrected chi connectivity index (χ3v) is 5.18. The van der Waals surface area contributed by atoms with E-state index in [9.17, 15) is 9.59 Å². The fraction of sp³-hybridized carbons (Fsp3) is 0.0870. The first-order valence-electron chi connectivity index (χ1n) is 9.38. The highest BCUT2D eigenvalue weighted by atomic mass is 16.2. The first-order chi connectivity index (χ1) is 14.2. The van der Waals surface area contributed by atoms with E-state index in [4.69, 9.17) is 0 Å². The normalized spacial score (nSPS) is 12.6. The van der Waals surface area contributed by atoms with Gasteiger partial charge in [-0.1, -0.05) is 36.4 Å². The molecule has 0 saturated heterocycles. The highest BCUT2D eigenvalue weighted by Crippen LogP contribution is 2.36. The molecule has 0 saturated carbocycles. The fourth-order valence-electron chi connectivity index (χ4n) is 3.73.